The van der Waals surface area contributed by atoms with Crippen molar-refractivity contribution in [1.82, 2.24) is 4.57 Å². The van der Waals surface area contributed by atoms with Gasteiger partial charge in [0.15, 0.2) is 4.80 Å². The molecular formula is C22H20N2O5S2. The first kappa shape index (κ1) is 21.1. The smallest absolute Gasteiger partial charge is 0.338 e. The van der Waals surface area contributed by atoms with Crippen LogP contribution in [0.25, 0.3) is 6.08 Å². The summed E-state index contributed by atoms with van der Waals surface area (Å²) < 4.78 is 17.8. The summed E-state index contributed by atoms with van der Waals surface area (Å²) in [5.74, 6) is 0.774. The van der Waals surface area contributed by atoms with Crippen LogP contribution < -0.4 is 24.4 Å². The van der Waals surface area contributed by atoms with Gasteiger partial charge < -0.3 is 14.2 Å². The van der Waals surface area contributed by atoms with Crippen LogP contribution in [0.4, 0.5) is 0 Å². The minimum atomic E-state index is -0.585. The van der Waals surface area contributed by atoms with Crippen molar-refractivity contribution >= 4 is 34.7 Å². The SMILES string of the molecule is COC(=O)C1=C(C)N=c2s/c(=C/c3cc(OC)ccc3OC)c(=O)n2C1c1cccs1. The number of esters is 1. The number of nitrogens with zero attached hydrogens (tertiary/aromatic N) is 2. The maximum Gasteiger partial charge on any atom is 0.338 e. The first-order valence-electron chi connectivity index (χ1n) is 9.34. The van der Waals surface area contributed by atoms with Crippen LogP contribution in [0.2, 0.25) is 0 Å². The van der Waals surface area contributed by atoms with Crippen molar-refractivity contribution in [1.29, 1.82) is 0 Å². The van der Waals surface area contributed by atoms with E-state index in [1.807, 2.05) is 17.5 Å². The van der Waals surface area contributed by atoms with Crippen molar-refractivity contribution in [2.45, 2.75) is 13.0 Å². The average Bonchev–Trinajstić information content (AvgIpc) is 3.41. The number of allylic oxidation sites excluding steroid dienone is 1. The lowest BCUT2D eigenvalue weighted by Gasteiger charge is -2.22. The Balaban J connectivity index is 1.97. The predicted octanol–water partition coefficient (Wildman–Crippen LogP) is 2.49. The second kappa shape index (κ2) is 8.52. The van der Waals surface area contributed by atoms with E-state index in [-0.39, 0.29) is 5.56 Å². The number of hydrogen-bond acceptors (Lipinski definition) is 8. The second-order valence-corrected chi connectivity index (χ2v) is 8.69. The van der Waals surface area contributed by atoms with E-state index in [2.05, 4.69) is 4.99 Å². The maximum absolute atomic E-state index is 13.5. The van der Waals surface area contributed by atoms with Crippen LogP contribution >= 0.6 is 22.7 Å². The molecule has 0 amide bonds. The Bertz CT molecular complexity index is 1350. The molecule has 0 N–H and O–H groups in total. The van der Waals surface area contributed by atoms with Crippen LogP contribution in [0.3, 0.4) is 0 Å². The molecule has 2 aromatic heterocycles. The molecule has 7 nitrogen and oxygen atoms in total. The number of carbonyl (C=O) groups is 1. The number of benzene rings is 1. The van der Waals surface area contributed by atoms with Crippen molar-refractivity contribution < 1.29 is 19.0 Å². The second-order valence-electron chi connectivity index (χ2n) is 6.70. The van der Waals surface area contributed by atoms with Crippen LogP contribution in [-0.2, 0) is 9.53 Å². The molecule has 4 rings (SSSR count). The molecule has 160 valence electrons. The standard InChI is InChI=1S/C22H20N2O5S2/c1-12-18(21(26)29-4)19(16-6-5-9-30-16)24-20(25)17(31-22(24)23-12)11-13-10-14(27-2)7-8-15(13)28-3/h5-11,19H,1-4H3/b17-11+. The molecule has 3 aromatic rings. The molecule has 0 fully saturated rings. The van der Waals surface area contributed by atoms with E-state index in [9.17, 15) is 9.59 Å². The fraction of sp³-hybridized carbons (Fsp3) is 0.227. The molecule has 0 bridgehead atoms. The minimum absolute atomic E-state index is 0.235. The first-order valence-corrected chi connectivity index (χ1v) is 11.0. The predicted molar refractivity (Wildman–Crippen MR) is 120 cm³/mol. The van der Waals surface area contributed by atoms with Crippen molar-refractivity contribution in [3.63, 3.8) is 0 Å². The fourth-order valence-corrected chi connectivity index (χ4v) is 5.36. The normalized spacial score (nSPS) is 16.0. The molecule has 0 spiro atoms. The fourth-order valence-electron chi connectivity index (χ4n) is 3.50. The van der Waals surface area contributed by atoms with E-state index in [4.69, 9.17) is 14.2 Å². The highest BCUT2D eigenvalue weighted by molar-refractivity contribution is 7.10. The Labute approximate surface area is 186 Å². The van der Waals surface area contributed by atoms with Gasteiger partial charge in [-0.1, -0.05) is 17.4 Å². The van der Waals surface area contributed by atoms with E-state index in [1.54, 1.807) is 50.0 Å². The Kier molecular flexibility index (Phi) is 5.79. The Morgan fingerprint density at radius 3 is 2.65 bits per heavy atom. The molecule has 1 aromatic carbocycles. The third-order valence-electron chi connectivity index (χ3n) is 4.96. The zero-order chi connectivity index (χ0) is 22.1. The minimum Gasteiger partial charge on any atom is -0.497 e. The number of fused-ring (bicyclic) bond motifs is 1. The van der Waals surface area contributed by atoms with Crippen molar-refractivity contribution in [3.8, 4) is 11.5 Å². The molecule has 1 aliphatic rings. The maximum atomic E-state index is 13.5. The molecule has 9 heteroatoms. The number of hydrogen-bond donors (Lipinski definition) is 0. The number of aromatic nitrogens is 1. The monoisotopic (exact) mass is 456 g/mol. The molecule has 0 saturated heterocycles. The van der Waals surface area contributed by atoms with Gasteiger partial charge in [-0.2, -0.15) is 0 Å². The largest absolute Gasteiger partial charge is 0.497 e. The Morgan fingerprint density at radius 2 is 2.00 bits per heavy atom. The Morgan fingerprint density at radius 1 is 1.19 bits per heavy atom. The van der Waals surface area contributed by atoms with E-state index >= 15 is 0 Å². The van der Waals surface area contributed by atoms with Crippen LogP contribution in [0.15, 0.2) is 56.8 Å². The van der Waals surface area contributed by atoms with Gasteiger partial charge in [0.1, 0.15) is 17.5 Å². The van der Waals surface area contributed by atoms with Gasteiger partial charge in [0, 0.05) is 10.4 Å². The molecule has 0 aliphatic carbocycles. The summed E-state index contributed by atoms with van der Waals surface area (Å²) in [4.78, 5) is 32.0. The van der Waals surface area contributed by atoms with E-state index < -0.39 is 12.0 Å². The first-order chi connectivity index (χ1) is 15.0. The van der Waals surface area contributed by atoms with E-state index in [0.29, 0.717) is 37.7 Å². The van der Waals surface area contributed by atoms with Gasteiger partial charge in [0.25, 0.3) is 5.56 Å². The van der Waals surface area contributed by atoms with Gasteiger partial charge in [0.2, 0.25) is 0 Å². The van der Waals surface area contributed by atoms with Gasteiger partial charge in [-0.05, 0) is 42.6 Å². The van der Waals surface area contributed by atoms with E-state index in [1.165, 1.54) is 29.8 Å². The molecule has 1 atom stereocenters. The van der Waals surface area contributed by atoms with Gasteiger partial charge in [-0.3, -0.25) is 9.36 Å². The summed E-state index contributed by atoms with van der Waals surface area (Å²) in [5.41, 5.74) is 1.38. The number of methoxy groups -OCH3 is 3. The average molecular weight is 457 g/mol. The summed E-state index contributed by atoms with van der Waals surface area (Å²) in [6.07, 6.45) is 1.76. The lowest BCUT2D eigenvalue weighted by atomic mass is 10.0. The number of thiazole rings is 1. The molecule has 1 aliphatic heterocycles. The third kappa shape index (κ3) is 3.70. The van der Waals surface area contributed by atoms with Gasteiger partial charge in [-0.25, -0.2) is 9.79 Å². The van der Waals surface area contributed by atoms with Crippen molar-refractivity contribution in [2.24, 2.45) is 4.99 Å². The summed E-state index contributed by atoms with van der Waals surface area (Å²) >= 11 is 2.74. The number of thiophene rings is 1. The quantitative estimate of drug-likeness (QED) is 0.551. The van der Waals surface area contributed by atoms with Crippen molar-refractivity contribution in [3.05, 3.63) is 77.1 Å². The number of rotatable bonds is 5. The van der Waals surface area contributed by atoms with Gasteiger partial charge in [0.05, 0.1) is 37.1 Å². The highest BCUT2D eigenvalue weighted by Gasteiger charge is 2.33. The molecule has 31 heavy (non-hydrogen) atoms. The van der Waals surface area contributed by atoms with Crippen molar-refractivity contribution in [2.75, 3.05) is 21.3 Å². The van der Waals surface area contributed by atoms with Gasteiger partial charge >= 0.3 is 5.97 Å². The number of ether oxygens (including phenoxy) is 3. The van der Waals surface area contributed by atoms with Gasteiger partial charge in [-0.15, -0.1) is 11.3 Å². The topological polar surface area (TPSA) is 79.1 Å². The molecule has 0 saturated carbocycles. The third-order valence-corrected chi connectivity index (χ3v) is 6.87. The highest BCUT2D eigenvalue weighted by Crippen LogP contribution is 2.33. The molecule has 3 heterocycles. The molecule has 0 radical (unpaired) electrons. The summed E-state index contributed by atoms with van der Waals surface area (Å²) in [5, 5.41) is 1.91. The lowest BCUT2D eigenvalue weighted by Crippen LogP contribution is -2.39. The molecule has 1 unspecified atom stereocenters. The summed E-state index contributed by atoms with van der Waals surface area (Å²) in [7, 11) is 4.48. The zero-order valence-electron chi connectivity index (χ0n) is 17.4. The Hall–Kier alpha value is -3.17. The highest BCUT2D eigenvalue weighted by atomic mass is 32.1. The van der Waals surface area contributed by atoms with Crippen LogP contribution in [0.1, 0.15) is 23.4 Å². The summed E-state index contributed by atoms with van der Waals surface area (Å²) in [6.45, 7) is 1.76. The van der Waals surface area contributed by atoms with Crippen LogP contribution in [0.5, 0.6) is 11.5 Å². The lowest BCUT2D eigenvalue weighted by molar-refractivity contribution is -0.136. The van der Waals surface area contributed by atoms with Crippen LogP contribution in [0, 0.1) is 0 Å². The van der Waals surface area contributed by atoms with Crippen LogP contribution in [-0.4, -0.2) is 31.9 Å². The van der Waals surface area contributed by atoms with E-state index in [0.717, 1.165) is 4.88 Å². The number of carbonyl (C=O) groups excluding carboxylic acids is 1. The zero-order valence-corrected chi connectivity index (χ0v) is 19.0. The summed E-state index contributed by atoms with van der Waals surface area (Å²) in [6, 6.07) is 8.59. The molecular weight excluding hydrogens is 436 g/mol.